The van der Waals surface area contributed by atoms with Crippen molar-refractivity contribution in [1.82, 2.24) is 0 Å². The molecule has 0 aliphatic heterocycles. The first-order valence-electron chi connectivity index (χ1n) is 37.8. The van der Waals surface area contributed by atoms with Crippen LogP contribution < -0.4 is 0 Å². The summed E-state index contributed by atoms with van der Waals surface area (Å²) in [5.41, 5.74) is 11.8. The van der Waals surface area contributed by atoms with Gasteiger partial charge in [0.1, 0.15) is 0 Å². The summed E-state index contributed by atoms with van der Waals surface area (Å²) in [7, 11) is 0. The Morgan fingerprint density at radius 3 is 0.883 bits per heavy atom. The molecule has 0 N–H and O–H groups in total. The van der Waals surface area contributed by atoms with Gasteiger partial charge in [-0.25, -0.2) is 0 Å². The maximum absolute atomic E-state index is 3.91. The third kappa shape index (κ3) is 24.3. The average Bonchev–Trinajstić information content (AvgIpc) is 1.72. The van der Waals surface area contributed by atoms with E-state index >= 15 is 0 Å². The molecule has 8 rings (SSSR count). The van der Waals surface area contributed by atoms with Gasteiger partial charge in [0.25, 0.3) is 0 Å². The Balaban J connectivity index is 1.13. The Morgan fingerprint density at radius 1 is 0.245 bits per heavy atom. The van der Waals surface area contributed by atoms with E-state index in [1.165, 1.54) is 331 Å². The summed E-state index contributed by atoms with van der Waals surface area (Å²) in [5, 5.41) is 4.75. The van der Waals surface area contributed by atoms with Gasteiger partial charge in [-0.05, 0) is 242 Å². The lowest BCUT2D eigenvalue weighted by Gasteiger charge is -2.02. The zero-order valence-corrected chi connectivity index (χ0v) is 65.9. The highest BCUT2D eigenvalue weighted by molar-refractivity contribution is 7.24. The molecule has 0 aliphatic carbocycles. The fourth-order valence-corrected chi connectivity index (χ4v) is 21.7. The van der Waals surface area contributed by atoms with E-state index in [2.05, 4.69) is 150 Å². The highest BCUT2D eigenvalue weighted by atomic mass is 32.1. The Labute approximate surface area is 605 Å². The van der Waals surface area contributed by atoms with Crippen molar-refractivity contribution in [3.63, 3.8) is 0 Å². The molecular weight excluding hydrogens is 1290 g/mol. The Kier molecular flexibility index (Phi) is 35.3. The number of hydrogen-bond donors (Lipinski definition) is 0. The standard InChI is InChI=1S/C86H114S8/c1-9-17-25-33-41-65-57-79(88-64-65)84-70(46-38-30-22-14-6)58-73(89-84)49-53-77-68(44-36-28-20-12-4)62-81(93-77)86-72(48-40-32-24-16-8)60-75(91-86)51-54-78-69(45-37-29-21-13-5)63-82(94-78)85-71(47-39-31-23-15-7)59-74(90-85)50-52-76-67(43-35-27-19-11-3)61-80(92-76)83-66(55-56-87-83)42-34-26-18-10-2/h55-64H,9-48H2,1-8H3. The lowest BCUT2D eigenvalue weighted by molar-refractivity contribution is 0.667. The minimum absolute atomic E-state index is 1.08. The molecule has 0 radical (unpaired) electrons. The molecule has 94 heavy (non-hydrogen) atoms. The molecule has 506 valence electrons. The van der Waals surface area contributed by atoms with Gasteiger partial charge in [0.05, 0.1) is 29.3 Å². The molecule has 0 bridgehead atoms. The van der Waals surface area contributed by atoms with Crippen molar-refractivity contribution < 1.29 is 0 Å². The summed E-state index contributed by atoms with van der Waals surface area (Å²) in [6, 6.07) is 19.9. The first-order valence-corrected chi connectivity index (χ1v) is 44.4. The fraction of sp³-hybridized carbons (Fsp3) is 0.558. The number of hydrogen-bond acceptors (Lipinski definition) is 8. The van der Waals surface area contributed by atoms with Crippen LogP contribution in [0.1, 0.15) is 335 Å². The van der Waals surface area contributed by atoms with E-state index in [0.717, 1.165) is 38.5 Å². The number of unbranched alkanes of at least 4 members (excludes halogenated alkanes) is 24. The first-order chi connectivity index (χ1) is 46.3. The minimum Gasteiger partial charge on any atom is -0.143 e. The second-order valence-corrected chi connectivity index (χ2v) is 34.8. The van der Waals surface area contributed by atoms with Crippen molar-refractivity contribution in [2.75, 3.05) is 0 Å². The van der Waals surface area contributed by atoms with Crippen LogP contribution in [0.2, 0.25) is 0 Å². The SMILES string of the molecule is CCCCCCc1csc(-c2sc(C#Cc3sc(-c4sc(C#Cc5sc(-c6sc(C#Cc7sc(-c8sccc8CCCCCC)cc7CCCCCC)cc6CCCCCC)cc5CCCCCC)cc4CCCCCC)cc3CCCCCC)cc2CCCCCC)c1. The van der Waals surface area contributed by atoms with E-state index in [1.54, 1.807) is 0 Å². The molecule has 0 unspecified atom stereocenters. The molecule has 8 heterocycles. The summed E-state index contributed by atoms with van der Waals surface area (Å²) in [4.78, 5) is 18.8. The molecule has 0 fully saturated rings. The Hall–Kier alpha value is -3.72. The monoisotopic (exact) mass is 1400 g/mol. The highest BCUT2D eigenvalue weighted by Gasteiger charge is 2.21. The van der Waals surface area contributed by atoms with Crippen LogP contribution in [0.5, 0.6) is 0 Å². The van der Waals surface area contributed by atoms with Gasteiger partial charge in [0.15, 0.2) is 0 Å². The van der Waals surface area contributed by atoms with Gasteiger partial charge in [-0.1, -0.05) is 209 Å². The van der Waals surface area contributed by atoms with Crippen LogP contribution in [-0.2, 0) is 51.4 Å². The van der Waals surface area contributed by atoms with Crippen molar-refractivity contribution in [3.05, 3.63) is 133 Å². The lowest BCUT2D eigenvalue weighted by Crippen LogP contribution is -1.87. The van der Waals surface area contributed by atoms with Gasteiger partial charge in [0, 0.05) is 39.0 Å². The second kappa shape index (κ2) is 43.6. The van der Waals surface area contributed by atoms with Crippen LogP contribution in [0.25, 0.3) is 39.0 Å². The van der Waals surface area contributed by atoms with Crippen LogP contribution in [0.15, 0.2) is 59.3 Å². The second-order valence-electron chi connectivity index (χ2n) is 26.6. The van der Waals surface area contributed by atoms with E-state index in [0.29, 0.717) is 0 Å². The molecule has 8 aromatic rings. The predicted octanol–water partition coefficient (Wildman–Crippen LogP) is 30.0. The van der Waals surface area contributed by atoms with Gasteiger partial charge in [-0.2, -0.15) is 0 Å². The van der Waals surface area contributed by atoms with E-state index in [9.17, 15) is 0 Å². The van der Waals surface area contributed by atoms with Crippen molar-refractivity contribution in [3.8, 4) is 74.5 Å². The highest BCUT2D eigenvalue weighted by Crippen LogP contribution is 2.44. The summed E-state index contributed by atoms with van der Waals surface area (Å²) in [6.45, 7) is 18.6. The quantitative estimate of drug-likeness (QED) is 0.0264. The molecule has 0 nitrogen and oxygen atoms in total. The topological polar surface area (TPSA) is 0 Å². The summed E-state index contributed by atoms with van der Waals surface area (Å²) in [5.74, 6) is 23.2. The number of aryl methyl sites for hydroxylation is 8. The Bertz CT molecular complexity index is 3630. The predicted molar refractivity (Wildman–Crippen MR) is 431 cm³/mol. The van der Waals surface area contributed by atoms with Gasteiger partial charge in [-0.3, -0.25) is 0 Å². The van der Waals surface area contributed by atoms with Crippen LogP contribution in [0.3, 0.4) is 0 Å². The average molecular weight is 1400 g/mol. The van der Waals surface area contributed by atoms with Crippen molar-refractivity contribution >= 4 is 90.7 Å². The summed E-state index contributed by atoms with van der Waals surface area (Å²) in [6.07, 6.45) is 49.7. The van der Waals surface area contributed by atoms with Crippen molar-refractivity contribution in [1.29, 1.82) is 0 Å². The third-order valence-electron chi connectivity index (χ3n) is 18.5. The van der Waals surface area contributed by atoms with E-state index in [4.69, 9.17) is 0 Å². The van der Waals surface area contributed by atoms with Crippen LogP contribution in [0, 0.1) is 35.5 Å². The molecule has 0 atom stereocenters. The fourth-order valence-electron chi connectivity index (χ4n) is 12.8. The van der Waals surface area contributed by atoms with E-state index in [-0.39, 0.29) is 0 Å². The molecule has 0 aromatic carbocycles. The molecule has 8 aromatic heterocycles. The van der Waals surface area contributed by atoms with Gasteiger partial charge in [0.2, 0.25) is 0 Å². The molecular formula is C86H114S8. The van der Waals surface area contributed by atoms with Gasteiger partial charge >= 0.3 is 0 Å². The number of thiophene rings is 8. The van der Waals surface area contributed by atoms with Crippen LogP contribution in [0.4, 0.5) is 0 Å². The lowest BCUT2D eigenvalue weighted by atomic mass is 10.0. The molecule has 0 aliphatic rings. The molecule has 0 saturated carbocycles. The van der Waals surface area contributed by atoms with Gasteiger partial charge in [-0.15, -0.1) is 90.7 Å². The Morgan fingerprint density at radius 2 is 0.543 bits per heavy atom. The normalized spacial score (nSPS) is 11.4. The zero-order valence-electron chi connectivity index (χ0n) is 59.3. The first kappa shape index (κ1) is 76.0. The summed E-state index contributed by atoms with van der Waals surface area (Å²) < 4.78 is 0. The molecule has 0 saturated heterocycles. The van der Waals surface area contributed by atoms with Crippen molar-refractivity contribution in [2.45, 2.75) is 312 Å². The largest absolute Gasteiger partial charge is 0.143 e. The zero-order chi connectivity index (χ0) is 66.0. The minimum atomic E-state index is 1.08. The third-order valence-corrected chi connectivity index (χ3v) is 27.7. The smallest absolute Gasteiger partial charge is 0.0811 e. The molecule has 0 amide bonds. The van der Waals surface area contributed by atoms with Crippen LogP contribution in [-0.4, -0.2) is 0 Å². The number of rotatable bonds is 44. The maximum atomic E-state index is 3.91. The summed E-state index contributed by atoms with van der Waals surface area (Å²) >= 11 is 15.6. The van der Waals surface area contributed by atoms with E-state index < -0.39 is 0 Å². The van der Waals surface area contributed by atoms with E-state index in [1.807, 2.05) is 90.7 Å². The van der Waals surface area contributed by atoms with Gasteiger partial charge < -0.3 is 0 Å². The molecule has 0 spiro atoms. The maximum Gasteiger partial charge on any atom is 0.0811 e. The van der Waals surface area contributed by atoms with Crippen LogP contribution >= 0.6 is 90.7 Å². The van der Waals surface area contributed by atoms with Crippen molar-refractivity contribution in [2.24, 2.45) is 0 Å². The molecule has 8 heteroatoms.